The van der Waals surface area contributed by atoms with E-state index >= 15 is 0 Å². The monoisotopic (exact) mass is 941 g/mol. The number of aliphatic hydroxyl groups is 3. The van der Waals surface area contributed by atoms with E-state index in [-0.39, 0.29) is 61.4 Å². The van der Waals surface area contributed by atoms with Gasteiger partial charge in [0.15, 0.2) is 5.78 Å². The number of Topliss-reactive ketones (excluding diaryl/α,β-unsaturated/α-hetero) is 2. The number of ether oxygens (including phenoxy) is 6. The number of rotatable bonds is 8. The largest absolute Gasteiger partial charge is 0.460 e. The lowest BCUT2D eigenvalue weighted by molar-refractivity contribution is -0.266. The predicted octanol–water partition coefficient (Wildman–Crippen LogP) is 5.67. The number of esters is 1. The number of ketones is 2. The van der Waals surface area contributed by atoms with Gasteiger partial charge in [-0.25, -0.2) is 4.79 Å². The number of aliphatic imine (C=N–C) groups is 1. The summed E-state index contributed by atoms with van der Waals surface area (Å²) in [5.74, 6) is -6.73. The number of piperidine rings is 1. The van der Waals surface area contributed by atoms with Crippen molar-refractivity contribution in [1.82, 2.24) is 4.90 Å². The molecule has 6 bridgehead atoms. The molecule has 15 nitrogen and oxygen atoms in total. The maximum Gasteiger partial charge on any atom is 0.329 e. The van der Waals surface area contributed by atoms with Crippen LogP contribution in [0.2, 0.25) is 0 Å². The molecule has 6 aliphatic rings. The molecular weight excluding hydrogens is 861 g/mol. The Balaban J connectivity index is 1.50. The van der Waals surface area contributed by atoms with Gasteiger partial charge < -0.3 is 48.6 Å². The average molecular weight is 941 g/mol. The number of carbonyl (C=O) groups excluding carboxylic acids is 4. The number of methoxy groups -OCH3 is 3. The number of hydrogen-bond acceptors (Lipinski definition) is 14. The first-order valence-corrected chi connectivity index (χ1v) is 24.6. The molecule has 0 aromatic heterocycles. The highest BCUT2D eigenvalue weighted by Crippen LogP contribution is 2.45. The summed E-state index contributed by atoms with van der Waals surface area (Å²) in [6.45, 7) is 9.55. The standard InChI is InChI=1S/C52H80N2O13/c1-31-14-11-10-12-15-32(2)42(62-7)30-38-21-18-35(5)52(61,67-38)49(58)50(59)54-23-13-16-39-40(27-36-19-22-41(65-25-24-55)44(28-36)63-8)43(66-51(60)45(39)54)29-37(53-6)20-17-33(3)46(56)48(64-9)47(57)34(4)26-31/h10-12,14-15,17,31,34-36,38-46,48,55-56,61H,13,16,18-30H2,1-9H3/b12-10+,14-11+,32-15?,33-17+,53-37?/t31-,34-,35-,36+,38+,39?,40+,41-,42+,43+,44-,45+,46-,48-,52-/m1/s1. The number of carbonyl (C=O) groups is 4. The molecule has 15 atom stereocenters. The van der Waals surface area contributed by atoms with Crippen molar-refractivity contribution in [3.63, 3.8) is 0 Å². The van der Waals surface area contributed by atoms with E-state index in [1.54, 1.807) is 35.1 Å². The molecule has 4 fully saturated rings. The van der Waals surface area contributed by atoms with Crippen LogP contribution in [0.15, 0.2) is 52.6 Å². The van der Waals surface area contributed by atoms with Gasteiger partial charge >= 0.3 is 5.97 Å². The Hall–Kier alpha value is -3.41. The number of nitrogens with zero attached hydrogens (tertiary/aromatic N) is 2. The lowest BCUT2D eigenvalue weighted by Crippen LogP contribution is -2.65. The summed E-state index contributed by atoms with van der Waals surface area (Å²) in [4.78, 5) is 63.1. The Bertz CT molecular complexity index is 1840. The highest BCUT2D eigenvalue weighted by molar-refractivity contribution is 6.39. The fourth-order valence-corrected chi connectivity index (χ4v) is 11.2. The van der Waals surface area contributed by atoms with E-state index in [2.05, 4.69) is 4.99 Å². The molecule has 376 valence electrons. The van der Waals surface area contributed by atoms with Gasteiger partial charge in [-0.3, -0.25) is 19.4 Å². The molecule has 6 rings (SSSR count). The second kappa shape index (κ2) is 25.4. The van der Waals surface area contributed by atoms with E-state index < -0.39 is 71.8 Å². The minimum Gasteiger partial charge on any atom is -0.460 e. The van der Waals surface area contributed by atoms with Gasteiger partial charge in [0, 0.05) is 77.6 Å². The Morgan fingerprint density at radius 2 is 1.66 bits per heavy atom. The molecule has 15 heteroatoms. The van der Waals surface area contributed by atoms with Gasteiger partial charge in [0.1, 0.15) is 24.4 Å². The van der Waals surface area contributed by atoms with Crippen LogP contribution in [-0.2, 0) is 47.6 Å². The van der Waals surface area contributed by atoms with Gasteiger partial charge in [0.25, 0.3) is 11.7 Å². The van der Waals surface area contributed by atoms with Gasteiger partial charge in [-0.15, -0.1) is 0 Å². The molecule has 0 radical (unpaired) electrons. The molecule has 1 unspecified atom stereocenters. The predicted molar refractivity (Wildman–Crippen MR) is 253 cm³/mol. The lowest BCUT2D eigenvalue weighted by Gasteiger charge is -2.50. The summed E-state index contributed by atoms with van der Waals surface area (Å²) in [6.07, 6.45) is 13.7. The van der Waals surface area contributed by atoms with Crippen molar-refractivity contribution in [3.8, 4) is 0 Å². The van der Waals surface area contributed by atoms with Crippen LogP contribution in [-0.4, -0.2) is 152 Å². The van der Waals surface area contributed by atoms with Crippen molar-refractivity contribution in [2.24, 2.45) is 40.5 Å². The molecule has 0 spiro atoms. The maximum absolute atomic E-state index is 14.6. The minimum atomic E-state index is -2.41. The van der Waals surface area contributed by atoms with E-state index in [4.69, 9.17) is 28.4 Å². The van der Waals surface area contributed by atoms with E-state index in [0.29, 0.717) is 69.8 Å². The zero-order valence-corrected chi connectivity index (χ0v) is 41.5. The second-order valence-electron chi connectivity index (χ2n) is 19.9. The fraction of sp³-hybridized carbons (Fsp3) is 0.750. The van der Waals surface area contributed by atoms with Crippen LogP contribution in [0.25, 0.3) is 0 Å². The Morgan fingerprint density at radius 3 is 2.34 bits per heavy atom. The second-order valence-corrected chi connectivity index (χ2v) is 19.9. The first-order valence-electron chi connectivity index (χ1n) is 24.6. The number of allylic oxidation sites excluding steroid dienone is 6. The highest BCUT2D eigenvalue weighted by atomic mass is 16.6. The van der Waals surface area contributed by atoms with E-state index in [0.717, 1.165) is 24.1 Å². The summed E-state index contributed by atoms with van der Waals surface area (Å²) < 4.78 is 36.0. The molecule has 3 N–H and O–H groups in total. The van der Waals surface area contributed by atoms with E-state index in [9.17, 15) is 34.5 Å². The summed E-state index contributed by atoms with van der Waals surface area (Å²) in [5.41, 5.74) is 2.16. The van der Waals surface area contributed by atoms with Crippen LogP contribution in [0.4, 0.5) is 0 Å². The maximum atomic E-state index is 14.6. The van der Waals surface area contributed by atoms with Crippen molar-refractivity contribution in [3.05, 3.63) is 47.6 Å². The van der Waals surface area contributed by atoms with Crippen molar-refractivity contribution in [1.29, 1.82) is 0 Å². The molecule has 67 heavy (non-hydrogen) atoms. The Morgan fingerprint density at radius 1 is 0.896 bits per heavy atom. The van der Waals surface area contributed by atoms with Gasteiger partial charge in [0.2, 0.25) is 5.79 Å². The third-order valence-electron chi connectivity index (χ3n) is 15.3. The van der Waals surface area contributed by atoms with Crippen LogP contribution >= 0.6 is 0 Å². The number of fused-ring (bicyclic) bond motifs is 16. The van der Waals surface area contributed by atoms with Crippen LogP contribution in [0.5, 0.6) is 0 Å². The normalized spacial score (nSPS) is 40.5. The van der Waals surface area contributed by atoms with Gasteiger partial charge in [-0.05, 0) is 101 Å². The molecule has 0 aromatic rings. The van der Waals surface area contributed by atoms with Gasteiger partial charge in [-0.2, -0.15) is 0 Å². The molecule has 1 saturated carbocycles. The number of aliphatic hydroxyl groups excluding tert-OH is 2. The third-order valence-corrected chi connectivity index (χ3v) is 15.3. The summed E-state index contributed by atoms with van der Waals surface area (Å²) in [7, 11) is 6.36. The van der Waals surface area contributed by atoms with Crippen molar-refractivity contribution < 1.29 is 62.9 Å². The molecule has 5 aliphatic heterocycles. The Labute approximate surface area is 398 Å². The van der Waals surface area contributed by atoms with Crippen LogP contribution in [0.1, 0.15) is 112 Å². The lowest BCUT2D eigenvalue weighted by atomic mass is 9.68. The smallest absolute Gasteiger partial charge is 0.329 e. The van der Waals surface area contributed by atoms with Crippen molar-refractivity contribution in [2.75, 3.05) is 48.1 Å². The number of hydrogen-bond donors (Lipinski definition) is 3. The first-order chi connectivity index (χ1) is 32.0. The molecule has 3 saturated heterocycles. The van der Waals surface area contributed by atoms with Crippen LogP contribution in [0, 0.1) is 35.5 Å². The summed E-state index contributed by atoms with van der Waals surface area (Å²) >= 11 is 0. The summed E-state index contributed by atoms with van der Waals surface area (Å²) in [5, 5.41) is 33.0. The topological polar surface area (TPSA) is 200 Å². The van der Waals surface area contributed by atoms with Gasteiger partial charge in [-0.1, -0.05) is 57.2 Å². The van der Waals surface area contributed by atoms with Crippen LogP contribution < -0.4 is 0 Å². The first kappa shape index (κ1) is 54.5. The number of amides is 1. The molecule has 5 heterocycles. The van der Waals surface area contributed by atoms with Gasteiger partial charge in [0.05, 0.1) is 37.6 Å². The van der Waals surface area contributed by atoms with E-state index in [1.165, 1.54) is 12.0 Å². The fourth-order valence-electron chi connectivity index (χ4n) is 11.2. The van der Waals surface area contributed by atoms with Crippen LogP contribution in [0.3, 0.4) is 0 Å². The SMILES string of the molecule is CN=C1C/C=C(\C)[C@@H](O)[C@@H](OC)C(=O)[C@H](C)C[C@H](C)/C=C/C=C/C=C(C)[C@@H](OC)C[C@@H]2CC[C@@H](C)[C@@](O)(O2)C(=O)C(=O)N2CCCC3[C@H]2C(=O)O[C@@H](C1)[C@H]3C[C@@H]1CC[C@@H](OCCO)[C@H](OC)C1. The molecule has 1 aliphatic carbocycles. The summed E-state index contributed by atoms with van der Waals surface area (Å²) in [6, 6.07) is -1.05. The zero-order chi connectivity index (χ0) is 49.0. The zero-order valence-electron chi connectivity index (χ0n) is 41.5. The molecule has 0 aromatic carbocycles. The third kappa shape index (κ3) is 13.5. The van der Waals surface area contributed by atoms with Crippen molar-refractivity contribution >= 4 is 29.2 Å². The average Bonchev–Trinajstić information content (AvgIpc) is 3.32. The minimum absolute atomic E-state index is 0.0527. The molecule has 1 amide bonds. The molecular formula is C52H80N2O13. The quantitative estimate of drug-likeness (QED) is 0.153. The van der Waals surface area contributed by atoms with Crippen molar-refractivity contribution in [2.45, 2.75) is 166 Å². The Kier molecular flexibility index (Phi) is 20.7. The highest BCUT2D eigenvalue weighted by Gasteiger charge is 2.57. The van der Waals surface area contributed by atoms with E-state index in [1.807, 2.05) is 57.2 Å².